The maximum Gasteiger partial charge on any atom is 0.191 e. The minimum atomic E-state index is -1.11. The summed E-state index contributed by atoms with van der Waals surface area (Å²) < 4.78 is 4.63. The summed E-state index contributed by atoms with van der Waals surface area (Å²) in [4.78, 5) is 20.6. The van der Waals surface area contributed by atoms with Gasteiger partial charge in [0.1, 0.15) is 6.61 Å². The molecule has 0 aliphatic carbocycles. The summed E-state index contributed by atoms with van der Waals surface area (Å²) in [5.74, 6) is -0.497. The van der Waals surface area contributed by atoms with Gasteiger partial charge in [-0.2, -0.15) is 0 Å². The Morgan fingerprint density at radius 2 is 2.50 bits per heavy atom. The first-order valence-corrected chi connectivity index (χ1v) is 2.75. The van der Waals surface area contributed by atoms with E-state index in [1.807, 2.05) is 0 Å². The summed E-state index contributed by atoms with van der Waals surface area (Å²) in [6, 6.07) is 0. The van der Waals surface area contributed by atoms with Gasteiger partial charge in [-0.25, -0.2) is 0 Å². The molecule has 0 aromatic heterocycles. The maximum atomic E-state index is 10.6. The number of carbonyl (C=O) groups excluding carboxylic acids is 2. The van der Waals surface area contributed by atoms with Crippen molar-refractivity contribution >= 4 is 12.1 Å². The molecule has 0 fully saturated rings. The Morgan fingerprint density at radius 3 is 3.00 bits per heavy atom. The van der Waals surface area contributed by atoms with E-state index >= 15 is 0 Å². The predicted octanol–water partition coefficient (Wildman–Crippen LogP) is -0.971. The molecule has 4 heteroatoms. The molecule has 0 aromatic carbocycles. The lowest BCUT2D eigenvalue weighted by atomic mass is 10.2. The number of hydrogen-bond donors (Lipinski definition) is 1. The lowest BCUT2D eigenvalue weighted by Gasteiger charge is -2.13. The third-order valence-electron chi connectivity index (χ3n) is 1.14. The van der Waals surface area contributed by atoms with Crippen molar-refractivity contribution in [3.8, 4) is 0 Å². The summed E-state index contributed by atoms with van der Waals surface area (Å²) in [5.41, 5.74) is 0. The lowest BCUT2D eigenvalue weighted by molar-refractivity contribution is -0.128. The van der Waals surface area contributed by atoms with Gasteiger partial charge in [0.25, 0.3) is 0 Å². The highest BCUT2D eigenvalue weighted by molar-refractivity contribution is 5.98. The molecule has 1 N–H and O–H groups in total. The van der Waals surface area contributed by atoms with Crippen LogP contribution in [-0.2, 0) is 14.3 Å². The van der Waals surface area contributed by atoms with Crippen molar-refractivity contribution in [2.45, 2.75) is 6.10 Å². The SMILES string of the molecule is O=CC1=CC(=O)C(O)CO1. The van der Waals surface area contributed by atoms with Gasteiger partial charge in [0.15, 0.2) is 23.9 Å². The number of aliphatic hydroxyl groups is 1. The molecule has 1 heterocycles. The highest BCUT2D eigenvalue weighted by Crippen LogP contribution is 2.04. The highest BCUT2D eigenvalue weighted by atomic mass is 16.5. The fourth-order valence-corrected chi connectivity index (χ4v) is 0.603. The Labute approximate surface area is 57.1 Å². The normalized spacial score (nSPS) is 25.1. The summed E-state index contributed by atoms with van der Waals surface area (Å²) in [5, 5.41) is 8.76. The molecule has 0 amide bonds. The second-order valence-electron chi connectivity index (χ2n) is 1.89. The summed E-state index contributed by atoms with van der Waals surface area (Å²) in [6.45, 7) is -0.122. The van der Waals surface area contributed by atoms with Crippen LogP contribution >= 0.6 is 0 Å². The van der Waals surface area contributed by atoms with Crippen LogP contribution in [0.3, 0.4) is 0 Å². The molecular weight excluding hydrogens is 136 g/mol. The zero-order valence-electron chi connectivity index (χ0n) is 5.11. The molecular formula is C6H6O4. The largest absolute Gasteiger partial charge is 0.487 e. The van der Waals surface area contributed by atoms with E-state index in [4.69, 9.17) is 5.11 Å². The Morgan fingerprint density at radius 1 is 1.80 bits per heavy atom. The third kappa shape index (κ3) is 1.22. The first-order valence-electron chi connectivity index (χ1n) is 2.75. The second-order valence-corrected chi connectivity index (χ2v) is 1.89. The first-order chi connectivity index (χ1) is 4.74. The van der Waals surface area contributed by atoms with Crippen LogP contribution < -0.4 is 0 Å². The van der Waals surface area contributed by atoms with Crippen molar-refractivity contribution in [3.05, 3.63) is 11.8 Å². The monoisotopic (exact) mass is 142 g/mol. The molecule has 0 bridgehead atoms. The van der Waals surface area contributed by atoms with Crippen LogP contribution in [0.4, 0.5) is 0 Å². The molecule has 1 rings (SSSR count). The first kappa shape index (κ1) is 6.95. The Kier molecular flexibility index (Phi) is 1.82. The number of ketones is 1. The standard InChI is InChI=1S/C6H6O4/c7-2-4-1-5(8)6(9)3-10-4/h1-2,6,9H,3H2. The van der Waals surface area contributed by atoms with E-state index in [0.717, 1.165) is 6.08 Å². The van der Waals surface area contributed by atoms with Crippen molar-refractivity contribution in [1.29, 1.82) is 0 Å². The maximum absolute atomic E-state index is 10.6. The third-order valence-corrected chi connectivity index (χ3v) is 1.14. The quantitative estimate of drug-likeness (QED) is 0.478. The molecule has 54 valence electrons. The number of aldehydes is 1. The van der Waals surface area contributed by atoms with Crippen LogP contribution in [0.15, 0.2) is 11.8 Å². The van der Waals surface area contributed by atoms with Gasteiger partial charge in [0, 0.05) is 6.08 Å². The van der Waals surface area contributed by atoms with Crippen LogP contribution in [0, 0.1) is 0 Å². The van der Waals surface area contributed by atoms with Crippen molar-refractivity contribution < 1.29 is 19.4 Å². The zero-order chi connectivity index (χ0) is 7.56. The number of ether oxygens (including phenoxy) is 1. The molecule has 1 aliphatic rings. The van der Waals surface area contributed by atoms with Crippen LogP contribution in [0.25, 0.3) is 0 Å². The summed E-state index contributed by atoms with van der Waals surface area (Å²) in [6.07, 6.45) is 0.314. The molecule has 1 unspecified atom stereocenters. The Balaban J connectivity index is 2.75. The molecule has 4 nitrogen and oxygen atoms in total. The number of aliphatic hydroxyl groups excluding tert-OH is 1. The van der Waals surface area contributed by atoms with Gasteiger partial charge >= 0.3 is 0 Å². The van der Waals surface area contributed by atoms with Gasteiger partial charge in [-0.05, 0) is 0 Å². The Hall–Kier alpha value is -1.16. The van der Waals surface area contributed by atoms with E-state index in [-0.39, 0.29) is 12.4 Å². The molecule has 10 heavy (non-hydrogen) atoms. The van der Waals surface area contributed by atoms with E-state index in [1.165, 1.54) is 0 Å². The number of allylic oxidation sites excluding steroid dienone is 1. The van der Waals surface area contributed by atoms with Gasteiger partial charge in [-0.1, -0.05) is 0 Å². The summed E-state index contributed by atoms with van der Waals surface area (Å²) >= 11 is 0. The Bertz CT molecular complexity index is 194. The molecule has 0 radical (unpaired) electrons. The van der Waals surface area contributed by atoms with E-state index in [1.54, 1.807) is 0 Å². The minimum absolute atomic E-state index is 0.0182. The average Bonchev–Trinajstić information content (AvgIpc) is 1.95. The molecule has 0 spiro atoms. The molecule has 0 saturated heterocycles. The van der Waals surface area contributed by atoms with Crippen molar-refractivity contribution in [3.63, 3.8) is 0 Å². The van der Waals surface area contributed by atoms with E-state index in [9.17, 15) is 9.59 Å². The van der Waals surface area contributed by atoms with E-state index in [2.05, 4.69) is 4.74 Å². The van der Waals surface area contributed by atoms with Crippen LogP contribution in [-0.4, -0.2) is 29.9 Å². The smallest absolute Gasteiger partial charge is 0.191 e. The van der Waals surface area contributed by atoms with E-state index in [0.29, 0.717) is 6.29 Å². The summed E-state index contributed by atoms with van der Waals surface area (Å²) in [7, 11) is 0. The van der Waals surface area contributed by atoms with Gasteiger partial charge < -0.3 is 9.84 Å². The molecule has 0 aromatic rings. The van der Waals surface area contributed by atoms with Crippen LogP contribution in [0.1, 0.15) is 0 Å². The number of rotatable bonds is 1. The second kappa shape index (κ2) is 2.62. The lowest BCUT2D eigenvalue weighted by Crippen LogP contribution is -2.28. The molecule has 0 saturated carbocycles. The fourth-order valence-electron chi connectivity index (χ4n) is 0.603. The topological polar surface area (TPSA) is 63.6 Å². The minimum Gasteiger partial charge on any atom is -0.487 e. The zero-order valence-corrected chi connectivity index (χ0v) is 5.11. The van der Waals surface area contributed by atoms with Gasteiger partial charge in [0.2, 0.25) is 0 Å². The van der Waals surface area contributed by atoms with Crippen molar-refractivity contribution in [2.24, 2.45) is 0 Å². The predicted molar refractivity (Wildman–Crippen MR) is 31.1 cm³/mol. The fraction of sp³-hybridized carbons (Fsp3) is 0.333. The van der Waals surface area contributed by atoms with Crippen LogP contribution in [0.5, 0.6) is 0 Å². The van der Waals surface area contributed by atoms with Gasteiger partial charge in [-0.15, -0.1) is 0 Å². The van der Waals surface area contributed by atoms with Gasteiger partial charge in [0.05, 0.1) is 0 Å². The number of hydrogen-bond acceptors (Lipinski definition) is 4. The van der Waals surface area contributed by atoms with E-state index < -0.39 is 11.9 Å². The highest BCUT2D eigenvalue weighted by Gasteiger charge is 2.19. The molecule has 1 aliphatic heterocycles. The number of carbonyl (C=O) groups is 2. The van der Waals surface area contributed by atoms with Gasteiger partial charge in [-0.3, -0.25) is 9.59 Å². The average molecular weight is 142 g/mol. The van der Waals surface area contributed by atoms with Crippen LogP contribution in [0.2, 0.25) is 0 Å². The van der Waals surface area contributed by atoms with Crippen molar-refractivity contribution in [2.75, 3.05) is 6.61 Å². The van der Waals surface area contributed by atoms with Crippen molar-refractivity contribution in [1.82, 2.24) is 0 Å². The molecule has 1 atom stereocenters.